The Morgan fingerprint density at radius 1 is 0.414 bits per heavy atom. The van der Waals surface area contributed by atoms with Crippen LogP contribution in [-0.2, 0) is 36.2 Å². The van der Waals surface area contributed by atoms with E-state index < -0.39 is 0 Å². The first-order chi connectivity index (χ1) is 27.0. The van der Waals surface area contributed by atoms with Crippen molar-refractivity contribution in [2.75, 3.05) is 0 Å². The Morgan fingerprint density at radius 3 is 0.914 bits per heavy atom. The standard InChI is InChI=1S/2C26H25.C2H6Si.2ClH.Zr/c2*1-4-5-20-16-25-23(21-10-6-18(2)7-11-21)14-15-24(26(25)17-20)22-12-8-19(3)9-13-22;1-3-2;;;/h2*6-17H,4-5H2,1-3H3;1-2H3;2*1H;/q2*-1;;;;+2/p-2. The molecular formula is C54H56Cl2SiZr-2. The predicted octanol–water partition coefficient (Wildman–Crippen LogP) is 9.72. The Bertz CT molecular complexity index is 2190. The van der Waals surface area contributed by atoms with Crippen molar-refractivity contribution in [3.8, 4) is 44.5 Å². The third kappa shape index (κ3) is 11.7. The van der Waals surface area contributed by atoms with Crippen molar-refractivity contribution in [1.82, 2.24) is 0 Å². The number of fused-ring (bicyclic) bond motifs is 2. The molecule has 0 aliphatic carbocycles. The van der Waals surface area contributed by atoms with Crippen LogP contribution in [0.25, 0.3) is 66.1 Å². The first kappa shape index (κ1) is 46.9. The van der Waals surface area contributed by atoms with Gasteiger partial charge in [-0.2, -0.15) is 12.1 Å². The Kier molecular flexibility index (Phi) is 17.8. The van der Waals surface area contributed by atoms with Crippen LogP contribution in [0.15, 0.2) is 146 Å². The molecule has 0 saturated carbocycles. The third-order valence-electron chi connectivity index (χ3n) is 10.4. The maximum absolute atomic E-state index is 2.39. The Morgan fingerprint density at radius 2 is 0.655 bits per heavy atom. The summed E-state index contributed by atoms with van der Waals surface area (Å²) in [6.07, 6.45) is 4.62. The topological polar surface area (TPSA) is 0 Å². The molecule has 0 amide bonds. The molecule has 8 rings (SSSR count). The van der Waals surface area contributed by atoms with Crippen molar-refractivity contribution in [2.24, 2.45) is 0 Å². The normalized spacial score (nSPS) is 10.5. The van der Waals surface area contributed by atoms with E-state index in [2.05, 4.69) is 200 Å². The van der Waals surface area contributed by atoms with Gasteiger partial charge in [0.1, 0.15) is 0 Å². The summed E-state index contributed by atoms with van der Waals surface area (Å²) in [7, 11) is 0. The molecule has 0 aliphatic rings. The summed E-state index contributed by atoms with van der Waals surface area (Å²) >= 11 is 1.74. The molecule has 58 heavy (non-hydrogen) atoms. The monoisotopic (exact) mass is 892 g/mol. The summed E-state index contributed by atoms with van der Waals surface area (Å²) < 4.78 is 0. The molecule has 0 fully saturated rings. The summed E-state index contributed by atoms with van der Waals surface area (Å²) in [5.41, 5.74) is 18.8. The molecule has 0 aromatic heterocycles. The number of hydrogen-bond donors (Lipinski definition) is 0. The van der Waals surface area contributed by atoms with Gasteiger partial charge in [0.15, 0.2) is 0 Å². The number of rotatable bonds is 8. The number of benzene rings is 6. The zero-order chi connectivity index (χ0) is 39.8. The first-order valence-corrected chi connectivity index (χ1v) is 26.5. The molecule has 0 spiro atoms. The fourth-order valence-corrected chi connectivity index (χ4v) is 7.53. The van der Waals surface area contributed by atoms with E-state index in [1.54, 1.807) is 23.3 Å². The zero-order valence-corrected chi connectivity index (χ0v) is 40.4. The van der Waals surface area contributed by atoms with E-state index in [9.17, 15) is 0 Å². The molecule has 0 atom stereocenters. The molecule has 4 heteroatoms. The van der Waals surface area contributed by atoms with Crippen LogP contribution >= 0.6 is 0 Å². The largest absolute Gasteiger partial charge is 1.00 e. The van der Waals surface area contributed by atoms with Crippen molar-refractivity contribution in [3.05, 3.63) is 179 Å². The molecule has 0 nitrogen and oxygen atoms in total. The van der Waals surface area contributed by atoms with E-state index in [4.69, 9.17) is 0 Å². The SMILES string of the molecule is CCCc1cc2c(-c3ccc(C)cc3)ccc(-c3ccc(C)cc3)c2[cH-]1.CCCc1cc2c(-c3ccc(C)cc3)ccc(-c3ccc(C)cc3)c2[cH-]1.C[Si](C)=[Zr+2].[Cl-].[Cl-]. The molecule has 0 saturated heterocycles. The summed E-state index contributed by atoms with van der Waals surface area (Å²) in [6, 6.07) is 54.2. The average molecular weight is 895 g/mol. The second-order valence-electron chi connectivity index (χ2n) is 15.7. The van der Waals surface area contributed by atoms with Gasteiger partial charge in [-0.15, -0.1) is 44.8 Å². The predicted molar refractivity (Wildman–Crippen MR) is 245 cm³/mol. The van der Waals surface area contributed by atoms with Crippen molar-refractivity contribution < 1.29 is 48.1 Å². The van der Waals surface area contributed by atoms with Crippen molar-refractivity contribution >= 4 is 27.0 Å². The van der Waals surface area contributed by atoms with Crippen LogP contribution in [-0.4, -0.2) is 5.43 Å². The van der Waals surface area contributed by atoms with Gasteiger partial charge in [-0.25, -0.2) is 0 Å². The number of hydrogen-bond acceptors (Lipinski definition) is 0. The van der Waals surface area contributed by atoms with E-state index >= 15 is 0 Å². The van der Waals surface area contributed by atoms with Crippen molar-refractivity contribution in [1.29, 1.82) is 0 Å². The molecule has 0 bridgehead atoms. The molecule has 296 valence electrons. The average Bonchev–Trinajstić information content (AvgIpc) is 3.81. The van der Waals surface area contributed by atoms with Crippen LogP contribution in [0.1, 0.15) is 60.1 Å². The fourth-order valence-electron chi connectivity index (χ4n) is 7.53. The van der Waals surface area contributed by atoms with Gasteiger partial charge < -0.3 is 24.8 Å². The van der Waals surface area contributed by atoms with Crippen LogP contribution in [0.2, 0.25) is 13.1 Å². The van der Waals surface area contributed by atoms with Gasteiger partial charge in [0, 0.05) is 0 Å². The first-order valence-electron chi connectivity index (χ1n) is 20.3. The molecular weight excluding hydrogens is 839 g/mol. The summed E-state index contributed by atoms with van der Waals surface area (Å²) in [6.45, 7) is 17.7. The molecule has 8 aromatic carbocycles. The van der Waals surface area contributed by atoms with Gasteiger partial charge in [0.2, 0.25) is 0 Å². The van der Waals surface area contributed by atoms with E-state index in [1.807, 2.05) is 0 Å². The van der Waals surface area contributed by atoms with E-state index in [0.29, 0.717) is 0 Å². The molecule has 0 heterocycles. The van der Waals surface area contributed by atoms with Gasteiger partial charge >= 0.3 is 41.9 Å². The molecule has 0 radical (unpaired) electrons. The number of halogens is 2. The van der Waals surface area contributed by atoms with Crippen LogP contribution in [0, 0.1) is 27.7 Å². The van der Waals surface area contributed by atoms with Crippen LogP contribution in [0.5, 0.6) is 0 Å². The van der Waals surface area contributed by atoms with Crippen molar-refractivity contribution in [2.45, 2.75) is 80.3 Å². The van der Waals surface area contributed by atoms with E-state index in [0.717, 1.165) is 12.8 Å². The molecule has 0 N–H and O–H groups in total. The van der Waals surface area contributed by atoms with Gasteiger partial charge in [-0.05, 0) is 51.7 Å². The zero-order valence-electron chi connectivity index (χ0n) is 35.4. The molecule has 0 aliphatic heterocycles. The minimum atomic E-state index is 0. The van der Waals surface area contributed by atoms with Gasteiger partial charge in [0.25, 0.3) is 0 Å². The van der Waals surface area contributed by atoms with E-state index in [1.165, 1.54) is 112 Å². The maximum Gasteiger partial charge on any atom is -1.00 e. The summed E-state index contributed by atoms with van der Waals surface area (Å²) in [4.78, 5) is 0. The summed E-state index contributed by atoms with van der Waals surface area (Å²) in [5.74, 6) is 0. The van der Waals surface area contributed by atoms with Crippen LogP contribution in [0.3, 0.4) is 0 Å². The smallest absolute Gasteiger partial charge is 1.00 e. The molecule has 8 aromatic rings. The fraction of sp³-hybridized carbons (Fsp3) is 0.222. The van der Waals surface area contributed by atoms with Crippen LogP contribution in [0.4, 0.5) is 0 Å². The number of aryl methyl sites for hydroxylation is 6. The maximum atomic E-state index is 2.39. The Labute approximate surface area is 376 Å². The van der Waals surface area contributed by atoms with Crippen LogP contribution < -0.4 is 24.8 Å². The quantitative estimate of drug-likeness (QED) is 0.105. The minimum Gasteiger partial charge on any atom is -1.00 e. The second-order valence-corrected chi connectivity index (χ2v) is 25.0. The second kappa shape index (κ2) is 22.0. The Hall–Kier alpha value is -3.78. The van der Waals surface area contributed by atoms with Gasteiger partial charge in [-0.3, -0.25) is 0 Å². The third-order valence-corrected chi connectivity index (χ3v) is 10.4. The van der Waals surface area contributed by atoms with E-state index in [-0.39, 0.29) is 30.2 Å². The molecule has 0 unspecified atom stereocenters. The Balaban J connectivity index is 0.000000228. The van der Waals surface area contributed by atoms with Crippen molar-refractivity contribution in [3.63, 3.8) is 0 Å². The van der Waals surface area contributed by atoms with Gasteiger partial charge in [0.05, 0.1) is 0 Å². The minimum absolute atomic E-state index is 0. The summed E-state index contributed by atoms with van der Waals surface area (Å²) in [5, 5.41) is 5.48. The van der Waals surface area contributed by atoms with Gasteiger partial charge in [-0.1, -0.05) is 204 Å².